The second kappa shape index (κ2) is 11.7. The maximum atomic E-state index is 13.0. The molecular weight excluding hydrogens is 460 g/mol. The van der Waals surface area contributed by atoms with E-state index in [-0.39, 0.29) is 16.3 Å². The van der Waals surface area contributed by atoms with Crippen LogP contribution in [0.15, 0.2) is 53.4 Å². The smallest absolute Gasteiger partial charge is 0.331 e. The monoisotopic (exact) mass is 488 g/mol. The minimum absolute atomic E-state index is 0.0601. The lowest BCUT2D eigenvalue weighted by molar-refractivity contribution is -0.142. The molecule has 10 heteroatoms. The van der Waals surface area contributed by atoms with Crippen LogP contribution in [0.5, 0.6) is 11.5 Å². The number of ether oxygens (including phenoxy) is 3. The van der Waals surface area contributed by atoms with Crippen molar-refractivity contribution in [3.05, 3.63) is 54.1 Å². The van der Waals surface area contributed by atoms with Gasteiger partial charge in [0, 0.05) is 19.2 Å². The van der Waals surface area contributed by atoms with Crippen LogP contribution >= 0.6 is 0 Å². The average molecular weight is 489 g/mol. The molecule has 2 aromatic carbocycles. The maximum absolute atomic E-state index is 13.0. The molecule has 0 radical (unpaired) electrons. The number of methoxy groups -OCH3 is 2. The van der Waals surface area contributed by atoms with Gasteiger partial charge < -0.3 is 19.5 Å². The Hall–Kier alpha value is -3.37. The van der Waals surface area contributed by atoms with Crippen LogP contribution < -0.4 is 14.8 Å². The van der Waals surface area contributed by atoms with Crippen molar-refractivity contribution in [1.82, 2.24) is 4.31 Å². The first-order valence-electron chi connectivity index (χ1n) is 10.8. The molecule has 0 aromatic heterocycles. The van der Waals surface area contributed by atoms with Crippen LogP contribution in [-0.2, 0) is 24.3 Å². The minimum atomic E-state index is -3.69. The summed E-state index contributed by atoms with van der Waals surface area (Å²) in [6, 6.07) is 11.3. The summed E-state index contributed by atoms with van der Waals surface area (Å²) in [5.74, 6) is -0.340. The number of nitrogens with one attached hydrogen (secondary N) is 1. The number of hydrogen-bond acceptors (Lipinski definition) is 7. The lowest BCUT2D eigenvalue weighted by atomic mass is 10.2. The fraction of sp³-hybridized carbons (Fsp3) is 0.333. The molecule has 1 aliphatic rings. The number of esters is 1. The summed E-state index contributed by atoms with van der Waals surface area (Å²) in [6.07, 6.45) is 5.40. The Balaban J connectivity index is 1.61. The van der Waals surface area contributed by atoms with Gasteiger partial charge >= 0.3 is 5.97 Å². The Morgan fingerprint density at radius 3 is 2.35 bits per heavy atom. The van der Waals surface area contributed by atoms with Crippen LogP contribution in [0.4, 0.5) is 5.69 Å². The number of carbonyl (C=O) groups excluding carboxylic acids is 2. The Labute approximate surface area is 199 Å². The van der Waals surface area contributed by atoms with Gasteiger partial charge in [0.1, 0.15) is 11.5 Å². The molecule has 0 atom stereocenters. The number of carbonyl (C=O) groups is 2. The first kappa shape index (κ1) is 25.3. The van der Waals surface area contributed by atoms with Crippen molar-refractivity contribution in [2.45, 2.75) is 24.2 Å². The molecule has 1 N–H and O–H groups in total. The zero-order chi connectivity index (χ0) is 24.6. The Morgan fingerprint density at radius 1 is 1.00 bits per heavy atom. The molecule has 3 rings (SSSR count). The van der Waals surface area contributed by atoms with E-state index in [0.29, 0.717) is 18.8 Å². The number of piperidine rings is 1. The highest BCUT2D eigenvalue weighted by molar-refractivity contribution is 7.89. The van der Waals surface area contributed by atoms with Crippen LogP contribution in [0.3, 0.4) is 0 Å². The third-order valence-electron chi connectivity index (χ3n) is 5.27. The Kier molecular flexibility index (Phi) is 8.67. The van der Waals surface area contributed by atoms with Crippen molar-refractivity contribution < 1.29 is 32.2 Å². The molecule has 1 fully saturated rings. The zero-order valence-electron chi connectivity index (χ0n) is 19.2. The Morgan fingerprint density at radius 2 is 1.71 bits per heavy atom. The number of rotatable bonds is 9. The molecular formula is C24H28N2O7S. The van der Waals surface area contributed by atoms with Crippen molar-refractivity contribution in [3.63, 3.8) is 0 Å². The molecule has 1 saturated heterocycles. The lowest BCUT2D eigenvalue weighted by Gasteiger charge is -2.26. The first-order chi connectivity index (χ1) is 16.3. The summed E-state index contributed by atoms with van der Waals surface area (Å²) >= 11 is 0. The minimum Gasteiger partial charge on any atom is -0.497 e. The fourth-order valence-electron chi connectivity index (χ4n) is 3.45. The highest BCUT2D eigenvalue weighted by Crippen LogP contribution is 2.30. The molecule has 0 unspecified atom stereocenters. The highest BCUT2D eigenvalue weighted by Gasteiger charge is 2.27. The molecule has 1 aliphatic heterocycles. The van der Waals surface area contributed by atoms with E-state index in [1.54, 1.807) is 37.5 Å². The third kappa shape index (κ3) is 6.58. The van der Waals surface area contributed by atoms with Crippen LogP contribution in [0.25, 0.3) is 6.08 Å². The summed E-state index contributed by atoms with van der Waals surface area (Å²) in [5, 5.41) is 2.56. The number of sulfonamides is 1. The van der Waals surface area contributed by atoms with Gasteiger partial charge in [0.2, 0.25) is 10.0 Å². The van der Waals surface area contributed by atoms with Gasteiger partial charge in [0.15, 0.2) is 6.61 Å². The summed E-state index contributed by atoms with van der Waals surface area (Å²) < 4.78 is 42.6. The predicted octanol–water partition coefficient (Wildman–Crippen LogP) is 3.07. The molecule has 34 heavy (non-hydrogen) atoms. The van der Waals surface area contributed by atoms with Crippen molar-refractivity contribution in [2.75, 3.05) is 39.2 Å². The fourth-order valence-corrected chi connectivity index (χ4v) is 4.99. The van der Waals surface area contributed by atoms with Gasteiger partial charge in [-0.3, -0.25) is 4.79 Å². The number of hydrogen-bond donors (Lipinski definition) is 1. The standard InChI is InChI=1S/C24H28N2O7S/c1-31-19-9-6-18(7-10-19)8-13-24(28)33-17-23(27)25-21-16-20(11-12-22(21)32-2)34(29,30)26-14-4-3-5-15-26/h6-13,16H,3-5,14-15,17H2,1-2H3,(H,25,27)/b13-8+. The summed E-state index contributed by atoms with van der Waals surface area (Å²) in [6.45, 7) is 0.393. The summed E-state index contributed by atoms with van der Waals surface area (Å²) in [7, 11) is -0.712. The Bertz CT molecular complexity index is 1140. The highest BCUT2D eigenvalue weighted by atomic mass is 32.2. The van der Waals surface area contributed by atoms with Gasteiger partial charge in [-0.2, -0.15) is 4.31 Å². The number of anilines is 1. The molecule has 0 saturated carbocycles. The SMILES string of the molecule is COc1ccc(/C=C/C(=O)OCC(=O)Nc2cc(S(=O)(=O)N3CCCCC3)ccc2OC)cc1. The van der Waals surface area contributed by atoms with Crippen LogP contribution in [0.2, 0.25) is 0 Å². The van der Waals surface area contributed by atoms with Crippen LogP contribution in [0.1, 0.15) is 24.8 Å². The van der Waals surface area contributed by atoms with Crippen molar-refractivity contribution >= 4 is 33.7 Å². The first-order valence-corrected chi connectivity index (χ1v) is 12.2. The van der Waals surface area contributed by atoms with Crippen LogP contribution in [0, 0.1) is 0 Å². The van der Waals surface area contributed by atoms with Gasteiger partial charge in [-0.25, -0.2) is 13.2 Å². The normalized spacial score (nSPS) is 14.5. The maximum Gasteiger partial charge on any atom is 0.331 e. The lowest BCUT2D eigenvalue weighted by Crippen LogP contribution is -2.35. The van der Waals surface area contributed by atoms with Gasteiger partial charge in [0.25, 0.3) is 5.91 Å². The van der Waals surface area contributed by atoms with E-state index in [1.165, 1.54) is 35.7 Å². The molecule has 1 amide bonds. The van der Waals surface area contributed by atoms with E-state index in [0.717, 1.165) is 24.8 Å². The van der Waals surface area contributed by atoms with Crippen molar-refractivity contribution in [3.8, 4) is 11.5 Å². The molecule has 182 valence electrons. The molecule has 0 aliphatic carbocycles. The predicted molar refractivity (Wildman–Crippen MR) is 127 cm³/mol. The second-order valence-corrected chi connectivity index (χ2v) is 9.53. The van der Waals surface area contributed by atoms with Crippen molar-refractivity contribution in [2.24, 2.45) is 0 Å². The van der Waals surface area contributed by atoms with E-state index in [1.807, 2.05) is 0 Å². The average Bonchev–Trinajstić information content (AvgIpc) is 2.87. The number of amides is 1. The van der Waals surface area contributed by atoms with Crippen LogP contribution in [-0.4, -0.2) is 58.5 Å². The molecule has 2 aromatic rings. The zero-order valence-corrected chi connectivity index (χ0v) is 20.0. The van der Waals surface area contributed by atoms with E-state index in [4.69, 9.17) is 14.2 Å². The van der Waals surface area contributed by atoms with E-state index < -0.39 is 28.5 Å². The van der Waals surface area contributed by atoms with Gasteiger partial charge in [-0.05, 0) is 54.8 Å². The van der Waals surface area contributed by atoms with Gasteiger partial charge in [0.05, 0.1) is 24.8 Å². The topological polar surface area (TPSA) is 111 Å². The molecule has 0 spiro atoms. The molecule has 0 bridgehead atoms. The second-order valence-electron chi connectivity index (χ2n) is 7.59. The van der Waals surface area contributed by atoms with Gasteiger partial charge in [-0.15, -0.1) is 0 Å². The van der Waals surface area contributed by atoms with E-state index >= 15 is 0 Å². The van der Waals surface area contributed by atoms with Gasteiger partial charge in [-0.1, -0.05) is 18.6 Å². The largest absolute Gasteiger partial charge is 0.497 e. The quantitative estimate of drug-likeness (QED) is 0.427. The number of nitrogens with zero attached hydrogens (tertiary/aromatic N) is 1. The molecule has 1 heterocycles. The number of benzene rings is 2. The van der Waals surface area contributed by atoms with E-state index in [9.17, 15) is 18.0 Å². The summed E-state index contributed by atoms with van der Waals surface area (Å²) in [4.78, 5) is 24.4. The molecule has 9 nitrogen and oxygen atoms in total. The van der Waals surface area contributed by atoms with E-state index in [2.05, 4.69) is 5.32 Å². The third-order valence-corrected chi connectivity index (χ3v) is 7.17. The summed E-state index contributed by atoms with van der Waals surface area (Å²) in [5.41, 5.74) is 0.939. The van der Waals surface area contributed by atoms with Crippen molar-refractivity contribution in [1.29, 1.82) is 0 Å².